The molecule has 1 aliphatic carbocycles. The molecule has 2 nitrogen and oxygen atoms in total. The predicted octanol–water partition coefficient (Wildman–Crippen LogP) is 3.15. The fourth-order valence-electron chi connectivity index (χ4n) is 2.44. The number of hydrogen-bond acceptors (Lipinski definition) is 1. The molecule has 1 saturated carbocycles. The lowest BCUT2D eigenvalue weighted by Gasteiger charge is -2.24. The summed E-state index contributed by atoms with van der Waals surface area (Å²) < 4.78 is 13.7. The Hall–Kier alpha value is -1.38. The normalized spacial score (nSPS) is 16.2. The van der Waals surface area contributed by atoms with Crippen LogP contribution in [0.4, 0.5) is 4.39 Å². The summed E-state index contributed by atoms with van der Waals surface area (Å²) in [6.07, 6.45) is 4.41. The molecule has 0 aromatic heterocycles. The fourth-order valence-corrected chi connectivity index (χ4v) is 2.44. The van der Waals surface area contributed by atoms with E-state index in [0.29, 0.717) is 0 Å². The molecule has 1 aromatic rings. The molecule has 0 spiro atoms. The van der Waals surface area contributed by atoms with Gasteiger partial charge in [-0.05, 0) is 37.5 Å². The Morgan fingerprint density at radius 2 is 2.00 bits per heavy atom. The third-order valence-corrected chi connectivity index (χ3v) is 3.55. The van der Waals surface area contributed by atoms with Crippen molar-refractivity contribution in [3.8, 4) is 0 Å². The van der Waals surface area contributed by atoms with Gasteiger partial charge in [-0.15, -0.1) is 0 Å². The lowest BCUT2D eigenvalue weighted by atomic mass is 10.1. The van der Waals surface area contributed by atoms with Gasteiger partial charge >= 0.3 is 0 Å². The standard InChI is InChI=1S/C14H18FNO/c1-10-7-8-12(13(15)9-10)14(17)16(2)11-5-3-4-6-11/h7-9,11H,3-6H2,1-2H3. The Morgan fingerprint density at radius 3 is 2.59 bits per heavy atom. The van der Waals surface area contributed by atoms with Crippen molar-refractivity contribution in [2.24, 2.45) is 0 Å². The molecule has 0 bridgehead atoms. The van der Waals surface area contributed by atoms with Crippen LogP contribution in [0.2, 0.25) is 0 Å². The average Bonchev–Trinajstić information content (AvgIpc) is 2.80. The first-order valence-electron chi connectivity index (χ1n) is 6.13. The molecule has 0 N–H and O–H groups in total. The van der Waals surface area contributed by atoms with Crippen molar-refractivity contribution in [3.63, 3.8) is 0 Å². The molecule has 1 amide bonds. The minimum atomic E-state index is -0.417. The number of amides is 1. The van der Waals surface area contributed by atoms with Crippen LogP contribution >= 0.6 is 0 Å². The molecule has 0 atom stereocenters. The van der Waals surface area contributed by atoms with E-state index < -0.39 is 5.82 Å². The quantitative estimate of drug-likeness (QED) is 0.771. The third kappa shape index (κ3) is 2.48. The lowest BCUT2D eigenvalue weighted by Crippen LogP contribution is -2.35. The zero-order chi connectivity index (χ0) is 12.4. The van der Waals surface area contributed by atoms with E-state index in [9.17, 15) is 9.18 Å². The van der Waals surface area contributed by atoms with Gasteiger partial charge in [-0.25, -0.2) is 4.39 Å². The van der Waals surface area contributed by atoms with Gasteiger partial charge < -0.3 is 4.90 Å². The molecular formula is C14H18FNO. The second-order valence-corrected chi connectivity index (χ2v) is 4.84. The molecule has 1 aliphatic rings. The average molecular weight is 235 g/mol. The van der Waals surface area contributed by atoms with Crippen LogP contribution in [0.5, 0.6) is 0 Å². The number of rotatable bonds is 2. The second kappa shape index (κ2) is 4.86. The number of hydrogen-bond donors (Lipinski definition) is 0. The van der Waals surface area contributed by atoms with Gasteiger partial charge in [-0.3, -0.25) is 4.79 Å². The molecule has 0 radical (unpaired) electrons. The number of benzene rings is 1. The molecule has 17 heavy (non-hydrogen) atoms. The Morgan fingerprint density at radius 1 is 1.35 bits per heavy atom. The van der Waals surface area contributed by atoms with Crippen LogP contribution in [-0.4, -0.2) is 23.9 Å². The Bertz CT molecular complexity index is 424. The van der Waals surface area contributed by atoms with Gasteiger partial charge in [-0.2, -0.15) is 0 Å². The van der Waals surface area contributed by atoms with E-state index in [0.717, 1.165) is 18.4 Å². The number of carbonyl (C=O) groups excluding carboxylic acids is 1. The molecule has 92 valence electrons. The SMILES string of the molecule is Cc1ccc(C(=O)N(C)C2CCCC2)c(F)c1. The van der Waals surface area contributed by atoms with E-state index in [1.54, 1.807) is 24.1 Å². The van der Waals surface area contributed by atoms with E-state index >= 15 is 0 Å². The lowest BCUT2D eigenvalue weighted by molar-refractivity contribution is 0.0730. The molecule has 0 unspecified atom stereocenters. The van der Waals surface area contributed by atoms with Gasteiger partial charge in [-0.1, -0.05) is 18.9 Å². The highest BCUT2D eigenvalue weighted by Crippen LogP contribution is 2.24. The molecule has 1 fully saturated rings. The number of nitrogens with zero attached hydrogens (tertiary/aromatic N) is 1. The maximum absolute atomic E-state index is 13.7. The fraction of sp³-hybridized carbons (Fsp3) is 0.500. The topological polar surface area (TPSA) is 20.3 Å². The van der Waals surface area contributed by atoms with Gasteiger partial charge in [0.25, 0.3) is 5.91 Å². The molecular weight excluding hydrogens is 217 g/mol. The highest BCUT2D eigenvalue weighted by atomic mass is 19.1. The van der Waals surface area contributed by atoms with Crippen LogP contribution in [0.15, 0.2) is 18.2 Å². The van der Waals surface area contributed by atoms with E-state index in [4.69, 9.17) is 0 Å². The first-order valence-corrected chi connectivity index (χ1v) is 6.13. The van der Waals surface area contributed by atoms with Crippen LogP contribution in [0.3, 0.4) is 0 Å². The summed E-state index contributed by atoms with van der Waals surface area (Å²) in [5, 5.41) is 0. The van der Waals surface area contributed by atoms with Crippen LogP contribution in [0, 0.1) is 12.7 Å². The van der Waals surface area contributed by atoms with E-state index in [2.05, 4.69) is 0 Å². The maximum Gasteiger partial charge on any atom is 0.256 e. The Labute approximate surface area is 101 Å². The molecule has 2 rings (SSSR count). The summed E-state index contributed by atoms with van der Waals surface area (Å²) in [5.74, 6) is -0.616. The van der Waals surface area contributed by atoms with Gasteiger partial charge in [0, 0.05) is 13.1 Å². The summed E-state index contributed by atoms with van der Waals surface area (Å²) in [5.41, 5.74) is 1.02. The maximum atomic E-state index is 13.7. The molecule has 0 aliphatic heterocycles. The third-order valence-electron chi connectivity index (χ3n) is 3.55. The van der Waals surface area contributed by atoms with Crippen LogP contribution in [-0.2, 0) is 0 Å². The Kier molecular flexibility index (Phi) is 3.46. The number of halogens is 1. The Balaban J connectivity index is 2.18. The van der Waals surface area contributed by atoms with E-state index in [1.807, 2.05) is 6.92 Å². The summed E-state index contributed by atoms with van der Waals surface area (Å²) in [7, 11) is 1.78. The van der Waals surface area contributed by atoms with Crippen molar-refractivity contribution in [1.82, 2.24) is 4.90 Å². The van der Waals surface area contributed by atoms with Crippen molar-refractivity contribution in [1.29, 1.82) is 0 Å². The van der Waals surface area contributed by atoms with Crippen molar-refractivity contribution in [2.45, 2.75) is 38.6 Å². The summed E-state index contributed by atoms with van der Waals surface area (Å²) in [4.78, 5) is 13.8. The smallest absolute Gasteiger partial charge is 0.256 e. The minimum Gasteiger partial charge on any atom is -0.339 e. The van der Waals surface area contributed by atoms with E-state index in [1.165, 1.54) is 18.9 Å². The van der Waals surface area contributed by atoms with Gasteiger partial charge in [0.05, 0.1) is 5.56 Å². The first kappa shape index (κ1) is 12.1. The van der Waals surface area contributed by atoms with Crippen molar-refractivity contribution in [2.75, 3.05) is 7.05 Å². The van der Waals surface area contributed by atoms with Gasteiger partial charge in [0.15, 0.2) is 0 Å². The summed E-state index contributed by atoms with van der Waals surface area (Å²) in [6, 6.07) is 5.05. The van der Waals surface area contributed by atoms with Crippen molar-refractivity contribution < 1.29 is 9.18 Å². The summed E-state index contributed by atoms with van der Waals surface area (Å²) in [6.45, 7) is 1.82. The molecule has 1 aromatic carbocycles. The first-order chi connectivity index (χ1) is 8.09. The largest absolute Gasteiger partial charge is 0.339 e. The predicted molar refractivity (Wildman–Crippen MR) is 65.5 cm³/mol. The van der Waals surface area contributed by atoms with Crippen LogP contribution in [0.1, 0.15) is 41.6 Å². The highest BCUT2D eigenvalue weighted by Gasteiger charge is 2.25. The summed E-state index contributed by atoms with van der Waals surface area (Å²) >= 11 is 0. The highest BCUT2D eigenvalue weighted by molar-refractivity contribution is 5.94. The molecule has 0 heterocycles. The second-order valence-electron chi connectivity index (χ2n) is 4.84. The zero-order valence-corrected chi connectivity index (χ0v) is 10.4. The number of aryl methyl sites for hydroxylation is 1. The zero-order valence-electron chi connectivity index (χ0n) is 10.4. The molecule has 0 saturated heterocycles. The van der Waals surface area contributed by atoms with Gasteiger partial charge in [0.2, 0.25) is 0 Å². The molecule has 3 heteroatoms. The van der Waals surface area contributed by atoms with Crippen molar-refractivity contribution >= 4 is 5.91 Å². The monoisotopic (exact) mass is 235 g/mol. The minimum absolute atomic E-state index is 0.185. The number of carbonyl (C=O) groups is 1. The van der Waals surface area contributed by atoms with Crippen LogP contribution < -0.4 is 0 Å². The van der Waals surface area contributed by atoms with Gasteiger partial charge in [0.1, 0.15) is 5.82 Å². The van der Waals surface area contributed by atoms with E-state index in [-0.39, 0.29) is 17.5 Å². The van der Waals surface area contributed by atoms with Crippen LogP contribution in [0.25, 0.3) is 0 Å². The van der Waals surface area contributed by atoms with Crippen molar-refractivity contribution in [3.05, 3.63) is 35.1 Å².